The van der Waals surface area contributed by atoms with Crippen molar-refractivity contribution in [1.82, 2.24) is 5.32 Å². The van der Waals surface area contributed by atoms with Crippen LogP contribution in [-0.4, -0.2) is 24.3 Å². The molecule has 1 aromatic rings. The highest BCUT2D eigenvalue weighted by Crippen LogP contribution is 2.37. The first-order valence-corrected chi connectivity index (χ1v) is 6.90. The van der Waals surface area contributed by atoms with Crippen molar-refractivity contribution in [3.8, 4) is 5.75 Å². The lowest BCUT2D eigenvalue weighted by molar-refractivity contribution is 0.0404. The summed E-state index contributed by atoms with van der Waals surface area (Å²) in [5, 5.41) is 13.4. The molecular formula is C14H18ClNO2. The number of fused-ring (bicyclic) bond motifs is 1. The second-order valence-electron chi connectivity index (χ2n) is 5.33. The number of rotatable bonds is 3. The predicted molar refractivity (Wildman–Crippen MR) is 70.8 cm³/mol. The summed E-state index contributed by atoms with van der Waals surface area (Å²) >= 11 is 6.03. The van der Waals surface area contributed by atoms with Crippen LogP contribution in [0.1, 0.15) is 18.4 Å². The summed E-state index contributed by atoms with van der Waals surface area (Å²) in [6.07, 6.45) is 2.64. The minimum absolute atomic E-state index is 0.130. The van der Waals surface area contributed by atoms with Crippen LogP contribution in [0.5, 0.6) is 5.75 Å². The zero-order valence-corrected chi connectivity index (χ0v) is 11.0. The molecule has 3 atom stereocenters. The number of phenolic OH excluding ortho intramolecular Hbond substituents is 1. The lowest BCUT2D eigenvalue weighted by atomic mass is 10.0. The third-order valence-corrected chi connectivity index (χ3v) is 4.58. The third-order valence-electron chi connectivity index (χ3n) is 4.14. The number of nitrogens with one attached hydrogen (secondary N) is 1. The van der Waals surface area contributed by atoms with E-state index in [-0.39, 0.29) is 5.75 Å². The SMILES string of the molecule is Oc1cccc(COC2C[C@H]3CNC[C@H]3C2)c1Cl. The molecule has 0 amide bonds. The summed E-state index contributed by atoms with van der Waals surface area (Å²) in [5.41, 5.74) is 0.867. The molecule has 1 unspecified atom stereocenters. The average Bonchev–Trinajstić information content (AvgIpc) is 2.91. The van der Waals surface area contributed by atoms with Gasteiger partial charge >= 0.3 is 0 Å². The number of halogens is 1. The van der Waals surface area contributed by atoms with E-state index in [1.165, 1.54) is 0 Å². The molecule has 2 N–H and O–H groups in total. The Bertz CT molecular complexity index is 426. The van der Waals surface area contributed by atoms with E-state index in [9.17, 15) is 5.11 Å². The maximum absolute atomic E-state index is 9.53. The van der Waals surface area contributed by atoms with E-state index in [1.807, 2.05) is 6.07 Å². The van der Waals surface area contributed by atoms with Gasteiger partial charge in [-0.2, -0.15) is 0 Å². The van der Waals surface area contributed by atoms with E-state index in [4.69, 9.17) is 16.3 Å². The molecule has 98 valence electrons. The van der Waals surface area contributed by atoms with Crippen LogP contribution >= 0.6 is 11.6 Å². The van der Waals surface area contributed by atoms with Gasteiger partial charge in [0.25, 0.3) is 0 Å². The largest absolute Gasteiger partial charge is 0.506 e. The predicted octanol–water partition coefficient (Wildman–Crippen LogP) is 2.56. The van der Waals surface area contributed by atoms with Gasteiger partial charge < -0.3 is 15.2 Å². The van der Waals surface area contributed by atoms with Crippen molar-refractivity contribution >= 4 is 11.6 Å². The molecule has 4 heteroatoms. The van der Waals surface area contributed by atoms with Gasteiger partial charge in [-0.1, -0.05) is 23.7 Å². The molecule has 2 fully saturated rings. The minimum Gasteiger partial charge on any atom is -0.506 e. The number of benzene rings is 1. The van der Waals surface area contributed by atoms with Crippen molar-refractivity contribution < 1.29 is 9.84 Å². The Kier molecular flexibility index (Phi) is 3.46. The van der Waals surface area contributed by atoms with Crippen LogP contribution in [0.3, 0.4) is 0 Å². The Labute approximate surface area is 112 Å². The molecular weight excluding hydrogens is 250 g/mol. The first-order chi connectivity index (χ1) is 8.74. The van der Waals surface area contributed by atoms with Crippen molar-refractivity contribution in [3.63, 3.8) is 0 Å². The molecule has 1 aromatic carbocycles. The van der Waals surface area contributed by atoms with E-state index in [2.05, 4.69) is 5.32 Å². The van der Waals surface area contributed by atoms with Crippen molar-refractivity contribution in [2.45, 2.75) is 25.6 Å². The van der Waals surface area contributed by atoms with Gasteiger partial charge in [0.15, 0.2) is 0 Å². The molecule has 3 nitrogen and oxygen atoms in total. The van der Waals surface area contributed by atoms with Gasteiger partial charge in [-0.3, -0.25) is 0 Å². The van der Waals surface area contributed by atoms with Crippen LogP contribution in [0.25, 0.3) is 0 Å². The highest BCUT2D eigenvalue weighted by atomic mass is 35.5. The minimum atomic E-state index is 0.130. The average molecular weight is 268 g/mol. The van der Waals surface area contributed by atoms with Gasteiger partial charge in [-0.15, -0.1) is 0 Å². The maximum Gasteiger partial charge on any atom is 0.134 e. The number of ether oxygens (including phenoxy) is 1. The normalized spacial score (nSPS) is 30.6. The summed E-state index contributed by atoms with van der Waals surface area (Å²) in [7, 11) is 0. The van der Waals surface area contributed by atoms with Gasteiger partial charge in [-0.25, -0.2) is 0 Å². The molecule has 1 saturated carbocycles. The smallest absolute Gasteiger partial charge is 0.134 e. The zero-order chi connectivity index (χ0) is 12.5. The van der Waals surface area contributed by atoms with Crippen molar-refractivity contribution in [1.29, 1.82) is 0 Å². The van der Waals surface area contributed by atoms with E-state index in [1.54, 1.807) is 12.1 Å². The summed E-state index contributed by atoms with van der Waals surface area (Å²) in [4.78, 5) is 0. The quantitative estimate of drug-likeness (QED) is 0.884. The van der Waals surface area contributed by atoms with Gasteiger partial charge in [-0.05, 0) is 43.8 Å². The van der Waals surface area contributed by atoms with Crippen molar-refractivity contribution in [2.24, 2.45) is 11.8 Å². The molecule has 1 aliphatic heterocycles. The van der Waals surface area contributed by atoms with Gasteiger partial charge in [0.05, 0.1) is 17.7 Å². The fraction of sp³-hybridized carbons (Fsp3) is 0.571. The Morgan fingerprint density at radius 2 is 2.00 bits per heavy atom. The molecule has 1 saturated heterocycles. The fourth-order valence-corrected chi connectivity index (χ4v) is 3.31. The van der Waals surface area contributed by atoms with Crippen LogP contribution in [0.4, 0.5) is 0 Å². The van der Waals surface area contributed by atoms with E-state index < -0.39 is 0 Å². The molecule has 0 radical (unpaired) electrons. The van der Waals surface area contributed by atoms with Crippen LogP contribution in [0, 0.1) is 11.8 Å². The number of phenols is 1. The van der Waals surface area contributed by atoms with Crippen LogP contribution < -0.4 is 5.32 Å². The van der Waals surface area contributed by atoms with Crippen LogP contribution in [-0.2, 0) is 11.3 Å². The molecule has 2 aliphatic rings. The van der Waals surface area contributed by atoms with Crippen LogP contribution in [0.2, 0.25) is 5.02 Å². The Morgan fingerprint density at radius 3 is 2.72 bits per heavy atom. The van der Waals surface area contributed by atoms with Gasteiger partial charge in [0, 0.05) is 5.56 Å². The van der Waals surface area contributed by atoms with E-state index in [0.29, 0.717) is 17.7 Å². The highest BCUT2D eigenvalue weighted by molar-refractivity contribution is 6.32. The summed E-state index contributed by atoms with van der Waals surface area (Å²) < 4.78 is 5.94. The summed E-state index contributed by atoms with van der Waals surface area (Å²) in [6, 6.07) is 5.30. The Balaban J connectivity index is 1.57. The monoisotopic (exact) mass is 267 g/mol. The second kappa shape index (κ2) is 5.08. The third kappa shape index (κ3) is 2.35. The fourth-order valence-electron chi connectivity index (χ4n) is 3.13. The summed E-state index contributed by atoms with van der Waals surface area (Å²) in [5.74, 6) is 1.70. The van der Waals surface area contributed by atoms with Gasteiger partial charge in [0.1, 0.15) is 5.75 Å². The number of hydrogen-bond acceptors (Lipinski definition) is 3. The van der Waals surface area contributed by atoms with Crippen molar-refractivity contribution in [3.05, 3.63) is 28.8 Å². The second-order valence-corrected chi connectivity index (χ2v) is 5.71. The van der Waals surface area contributed by atoms with Crippen LogP contribution in [0.15, 0.2) is 18.2 Å². The number of aromatic hydroxyl groups is 1. The first kappa shape index (κ1) is 12.3. The molecule has 1 aliphatic carbocycles. The standard InChI is InChI=1S/C14H18ClNO2/c15-14-9(2-1-3-13(14)17)8-18-12-4-10-6-16-7-11(10)5-12/h1-3,10-12,16-17H,4-8H2/t10-,11+,12?. The molecule has 0 spiro atoms. The Morgan fingerprint density at radius 1 is 1.28 bits per heavy atom. The molecule has 0 aromatic heterocycles. The summed E-state index contributed by atoms with van der Waals surface area (Å²) in [6.45, 7) is 2.76. The topological polar surface area (TPSA) is 41.5 Å². The highest BCUT2D eigenvalue weighted by Gasteiger charge is 2.37. The van der Waals surface area contributed by atoms with E-state index >= 15 is 0 Å². The van der Waals surface area contributed by atoms with Gasteiger partial charge in [0.2, 0.25) is 0 Å². The molecule has 18 heavy (non-hydrogen) atoms. The molecule has 3 rings (SSSR count). The zero-order valence-electron chi connectivity index (χ0n) is 10.2. The van der Waals surface area contributed by atoms with Crippen molar-refractivity contribution in [2.75, 3.05) is 13.1 Å². The molecule has 1 heterocycles. The number of hydrogen-bond donors (Lipinski definition) is 2. The maximum atomic E-state index is 9.53. The van der Waals surface area contributed by atoms with E-state index in [0.717, 1.165) is 43.3 Å². The molecule has 0 bridgehead atoms. The lowest BCUT2D eigenvalue weighted by Crippen LogP contribution is -2.16. The first-order valence-electron chi connectivity index (χ1n) is 6.52. The Hall–Kier alpha value is -0.770. The lowest BCUT2D eigenvalue weighted by Gasteiger charge is -2.14.